The molecule has 0 saturated carbocycles. The molecule has 0 aromatic heterocycles. The van der Waals surface area contributed by atoms with Crippen LogP contribution in [-0.2, 0) is 19.1 Å². The highest BCUT2D eigenvalue weighted by Crippen LogP contribution is 2.11. The van der Waals surface area contributed by atoms with E-state index >= 15 is 0 Å². The molecule has 9 heteroatoms. The standard InChI is InChI=1S/C17H21BrN2O6/c1-10(2)8-26-17(24)20-13(7-15(19)22)16(23)25-9-14(21)11-3-5-12(18)6-4-11/h3-6,10,13H,7-9H2,1-2H3,(H2,19,22)(H,20,24)/t13-/m1/s1. The maximum Gasteiger partial charge on any atom is 0.407 e. The third-order valence-corrected chi connectivity index (χ3v) is 3.57. The summed E-state index contributed by atoms with van der Waals surface area (Å²) in [7, 11) is 0. The Labute approximate surface area is 159 Å². The van der Waals surface area contributed by atoms with Crippen molar-refractivity contribution in [2.45, 2.75) is 26.3 Å². The number of Topliss-reactive ketones (excluding diaryl/α,β-unsaturated/α-hetero) is 1. The summed E-state index contributed by atoms with van der Waals surface area (Å²) in [6.07, 6.45) is -1.34. The number of carbonyl (C=O) groups is 4. The number of alkyl carbamates (subject to hydrolysis) is 1. The van der Waals surface area contributed by atoms with E-state index in [0.717, 1.165) is 4.47 Å². The van der Waals surface area contributed by atoms with Gasteiger partial charge in [-0.1, -0.05) is 41.9 Å². The van der Waals surface area contributed by atoms with Crippen LogP contribution in [0.3, 0.4) is 0 Å². The number of ketones is 1. The van der Waals surface area contributed by atoms with Crippen molar-refractivity contribution in [3.63, 3.8) is 0 Å². The number of ether oxygens (including phenoxy) is 2. The molecule has 0 bridgehead atoms. The fourth-order valence-electron chi connectivity index (χ4n) is 1.78. The van der Waals surface area contributed by atoms with E-state index in [9.17, 15) is 19.2 Å². The molecule has 0 radical (unpaired) electrons. The van der Waals surface area contributed by atoms with Gasteiger partial charge < -0.3 is 20.5 Å². The zero-order valence-corrected chi connectivity index (χ0v) is 16.1. The lowest BCUT2D eigenvalue weighted by Crippen LogP contribution is -2.45. The molecule has 0 aliphatic heterocycles. The Morgan fingerprint density at radius 1 is 1.12 bits per heavy atom. The van der Waals surface area contributed by atoms with Gasteiger partial charge in [0.1, 0.15) is 6.04 Å². The second-order valence-electron chi connectivity index (χ2n) is 5.90. The van der Waals surface area contributed by atoms with E-state index in [4.69, 9.17) is 15.2 Å². The number of benzene rings is 1. The van der Waals surface area contributed by atoms with Crippen molar-refractivity contribution < 1.29 is 28.7 Å². The van der Waals surface area contributed by atoms with Crippen molar-refractivity contribution in [2.24, 2.45) is 11.7 Å². The minimum absolute atomic E-state index is 0.103. The minimum Gasteiger partial charge on any atom is -0.456 e. The number of hydrogen-bond acceptors (Lipinski definition) is 6. The maximum atomic E-state index is 12.1. The summed E-state index contributed by atoms with van der Waals surface area (Å²) in [5, 5.41) is 2.22. The summed E-state index contributed by atoms with van der Waals surface area (Å²) in [5.74, 6) is -2.08. The number of esters is 1. The number of primary amides is 1. The molecule has 2 amide bonds. The highest BCUT2D eigenvalue weighted by atomic mass is 79.9. The van der Waals surface area contributed by atoms with Gasteiger partial charge in [-0.25, -0.2) is 9.59 Å². The van der Waals surface area contributed by atoms with Crippen LogP contribution in [0.2, 0.25) is 0 Å². The Morgan fingerprint density at radius 3 is 2.27 bits per heavy atom. The van der Waals surface area contributed by atoms with Crippen LogP contribution in [-0.4, -0.2) is 43.0 Å². The van der Waals surface area contributed by atoms with Crippen molar-refractivity contribution in [3.8, 4) is 0 Å². The van der Waals surface area contributed by atoms with Crippen LogP contribution in [0.15, 0.2) is 28.7 Å². The summed E-state index contributed by atoms with van der Waals surface area (Å²) in [6.45, 7) is 3.30. The lowest BCUT2D eigenvalue weighted by Gasteiger charge is -2.16. The number of nitrogens with two attached hydrogens (primary N) is 1. The molecule has 0 aliphatic rings. The molecule has 0 fully saturated rings. The third kappa shape index (κ3) is 8.11. The van der Waals surface area contributed by atoms with Crippen LogP contribution >= 0.6 is 15.9 Å². The van der Waals surface area contributed by atoms with E-state index < -0.39 is 42.8 Å². The average Bonchev–Trinajstić information content (AvgIpc) is 2.57. The van der Waals surface area contributed by atoms with Crippen LogP contribution < -0.4 is 11.1 Å². The number of carbonyl (C=O) groups excluding carboxylic acids is 4. The lowest BCUT2D eigenvalue weighted by atomic mass is 10.1. The van der Waals surface area contributed by atoms with Crippen LogP contribution in [0.1, 0.15) is 30.6 Å². The molecule has 0 aliphatic carbocycles. The summed E-state index contributed by atoms with van der Waals surface area (Å²) in [4.78, 5) is 46.9. The smallest absolute Gasteiger partial charge is 0.407 e. The molecule has 1 rings (SSSR count). The highest BCUT2D eigenvalue weighted by molar-refractivity contribution is 9.10. The SMILES string of the molecule is CC(C)COC(=O)N[C@H](CC(N)=O)C(=O)OCC(=O)c1ccc(Br)cc1. The molecular weight excluding hydrogens is 408 g/mol. The van der Waals surface area contributed by atoms with Crippen molar-refractivity contribution >= 4 is 39.7 Å². The molecule has 1 aromatic rings. The Morgan fingerprint density at radius 2 is 1.73 bits per heavy atom. The van der Waals surface area contributed by atoms with Gasteiger partial charge in [-0.05, 0) is 18.1 Å². The molecule has 0 heterocycles. The van der Waals surface area contributed by atoms with E-state index in [1.807, 2.05) is 13.8 Å². The van der Waals surface area contributed by atoms with Crippen molar-refractivity contribution in [2.75, 3.05) is 13.2 Å². The van der Waals surface area contributed by atoms with Gasteiger partial charge in [0.2, 0.25) is 5.91 Å². The second kappa shape index (κ2) is 10.5. The maximum absolute atomic E-state index is 12.1. The van der Waals surface area contributed by atoms with Crippen LogP contribution in [0, 0.1) is 5.92 Å². The van der Waals surface area contributed by atoms with Gasteiger partial charge in [-0.2, -0.15) is 0 Å². The van der Waals surface area contributed by atoms with E-state index in [1.165, 1.54) is 0 Å². The van der Waals surface area contributed by atoms with E-state index in [-0.39, 0.29) is 12.5 Å². The van der Waals surface area contributed by atoms with Crippen molar-refractivity contribution in [1.82, 2.24) is 5.32 Å². The molecule has 8 nitrogen and oxygen atoms in total. The van der Waals surface area contributed by atoms with Crippen LogP contribution in [0.5, 0.6) is 0 Å². The Balaban J connectivity index is 2.61. The summed E-state index contributed by atoms with van der Waals surface area (Å²) >= 11 is 3.25. The van der Waals surface area contributed by atoms with Crippen LogP contribution in [0.4, 0.5) is 4.79 Å². The molecule has 1 atom stereocenters. The number of nitrogens with one attached hydrogen (secondary N) is 1. The van der Waals surface area contributed by atoms with Crippen LogP contribution in [0.25, 0.3) is 0 Å². The Bertz CT molecular complexity index is 660. The first-order chi connectivity index (χ1) is 12.2. The molecule has 142 valence electrons. The molecule has 0 unspecified atom stereocenters. The number of amides is 2. The predicted octanol–water partition coefficient (Wildman–Crippen LogP) is 1.80. The third-order valence-electron chi connectivity index (χ3n) is 3.04. The quantitative estimate of drug-likeness (QED) is 0.456. The zero-order valence-electron chi connectivity index (χ0n) is 14.5. The second-order valence-corrected chi connectivity index (χ2v) is 6.81. The minimum atomic E-state index is -1.33. The van der Waals surface area contributed by atoms with E-state index in [2.05, 4.69) is 21.2 Å². The first-order valence-corrected chi connectivity index (χ1v) is 8.65. The molecule has 0 saturated heterocycles. The van der Waals surface area contributed by atoms with E-state index in [1.54, 1.807) is 24.3 Å². The summed E-state index contributed by atoms with van der Waals surface area (Å²) in [6, 6.07) is 5.17. The lowest BCUT2D eigenvalue weighted by molar-refractivity contribution is -0.146. The Kier molecular flexibility index (Phi) is 8.77. The van der Waals surface area contributed by atoms with Crippen molar-refractivity contribution in [3.05, 3.63) is 34.3 Å². The summed E-state index contributed by atoms with van der Waals surface area (Å²) < 4.78 is 10.6. The number of hydrogen-bond donors (Lipinski definition) is 2. The van der Waals surface area contributed by atoms with Gasteiger partial charge in [0.15, 0.2) is 12.4 Å². The van der Waals surface area contributed by atoms with Gasteiger partial charge in [0.25, 0.3) is 0 Å². The number of rotatable bonds is 9. The first kappa shape index (κ1) is 21.6. The predicted molar refractivity (Wildman–Crippen MR) is 96.4 cm³/mol. The largest absolute Gasteiger partial charge is 0.456 e. The fourth-order valence-corrected chi connectivity index (χ4v) is 2.04. The molecule has 1 aromatic carbocycles. The van der Waals surface area contributed by atoms with Gasteiger partial charge >= 0.3 is 12.1 Å². The number of halogens is 1. The zero-order chi connectivity index (χ0) is 19.7. The van der Waals surface area contributed by atoms with E-state index in [0.29, 0.717) is 5.56 Å². The van der Waals surface area contributed by atoms with Crippen molar-refractivity contribution in [1.29, 1.82) is 0 Å². The fraction of sp³-hybridized carbons (Fsp3) is 0.412. The van der Waals surface area contributed by atoms with Gasteiger partial charge in [0.05, 0.1) is 13.0 Å². The summed E-state index contributed by atoms with van der Waals surface area (Å²) in [5.41, 5.74) is 5.44. The molecule has 26 heavy (non-hydrogen) atoms. The normalized spacial score (nSPS) is 11.5. The van der Waals surface area contributed by atoms with Gasteiger partial charge in [-0.15, -0.1) is 0 Å². The molecule has 3 N–H and O–H groups in total. The monoisotopic (exact) mass is 428 g/mol. The first-order valence-electron chi connectivity index (χ1n) is 7.86. The topological polar surface area (TPSA) is 125 Å². The Hall–Kier alpha value is -2.42. The van der Waals surface area contributed by atoms with Gasteiger partial charge in [-0.3, -0.25) is 9.59 Å². The molecule has 0 spiro atoms. The highest BCUT2D eigenvalue weighted by Gasteiger charge is 2.26. The average molecular weight is 429 g/mol. The van der Waals surface area contributed by atoms with Gasteiger partial charge in [0, 0.05) is 10.0 Å². The molecular formula is C17H21BrN2O6.